The van der Waals surface area contributed by atoms with Gasteiger partial charge in [0.1, 0.15) is 5.82 Å². The Labute approximate surface area is 158 Å². The summed E-state index contributed by atoms with van der Waals surface area (Å²) in [7, 11) is 0. The van der Waals surface area contributed by atoms with Crippen LogP contribution in [0.1, 0.15) is 24.1 Å². The van der Waals surface area contributed by atoms with E-state index in [2.05, 4.69) is 20.2 Å². The highest BCUT2D eigenvalue weighted by Crippen LogP contribution is 2.17. The van der Waals surface area contributed by atoms with Gasteiger partial charge in [0.25, 0.3) is 0 Å². The standard InChI is InChI=1S/C22H22N4O/c27-22(12-10-19-9-8-18-5-1-2-6-20(18)25-19)24-16-17-7-11-21(23-15-17)26-13-3-4-14-26/h1-2,5-12,15H,3-4,13-14,16H2,(H,24,27)/b12-10+. The van der Waals surface area contributed by atoms with Crippen molar-refractivity contribution >= 4 is 28.7 Å². The number of fused-ring (bicyclic) bond motifs is 1. The van der Waals surface area contributed by atoms with Crippen molar-refractivity contribution in [2.75, 3.05) is 18.0 Å². The van der Waals surface area contributed by atoms with Crippen molar-refractivity contribution in [1.82, 2.24) is 15.3 Å². The quantitative estimate of drug-likeness (QED) is 0.709. The molecule has 1 N–H and O–H groups in total. The lowest BCUT2D eigenvalue weighted by molar-refractivity contribution is -0.116. The molecule has 5 heteroatoms. The Morgan fingerprint density at radius 3 is 2.74 bits per heavy atom. The van der Waals surface area contributed by atoms with Gasteiger partial charge in [-0.2, -0.15) is 0 Å². The number of nitrogens with zero attached hydrogens (tertiary/aromatic N) is 3. The van der Waals surface area contributed by atoms with E-state index in [4.69, 9.17) is 0 Å². The van der Waals surface area contributed by atoms with Crippen LogP contribution in [0, 0.1) is 0 Å². The van der Waals surface area contributed by atoms with E-state index in [0.717, 1.165) is 41.1 Å². The highest BCUT2D eigenvalue weighted by molar-refractivity contribution is 5.91. The summed E-state index contributed by atoms with van der Waals surface area (Å²) in [6.07, 6.45) is 7.55. The van der Waals surface area contributed by atoms with Crippen molar-refractivity contribution in [2.45, 2.75) is 19.4 Å². The number of carbonyl (C=O) groups is 1. The maximum atomic E-state index is 12.1. The Hall–Kier alpha value is -3.21. The largest absolute Gasteiger partial charge is 0.357 e. The molecule has 1 fully saturated rings. The number of hydrogen-bond donors (Lipinski definition) is 1. The van der Waals surface area contributed by atoms with E-state index in [1.54, 1.807) is 6.08 Å². The Bertz CT molecular complexity index is 959. The van der Waals surface area contributed by atoms with Crippen molar-refractivity contribution in [3.63, 3.8) is 0 Å². The number of para-hydroxylation sites is 1. The highest BCUT2D eigenvalue weighted by Gasteiger charge is 2.12. The van der Waals surface area contributed by atoms with Crippen LogP contribution in [0.5, 0.6) is 0 Å². The van der Waals surface area contributed by atoms with E-state index in [9.17, 15) is 4.79 Å². The number of benzene rings is 1. The summed E-state index contributed by atoms with van der Waals surface area (Å²) in [5.41, 5.74) is 2.67. The number of amides is 1. The number of rotatable bonds is 5. The smallest absolute Gasteiger partial charge is 0.244 e. The van der Waals surface area contributed by atoms with Gasteiger partial charge in [0.05, 0.1) is 11.2 Å². The third-order valence-electron chi connectivity index (χ3n) is 4.73. The zero-order valence-electron chi connectivity index (χ0n) is 15.1. The first kappa shape index (κ1) is 17.2. The molecule has 0 aliphatic carbocycles. The molecule has 1 aliphatic heterocycles. The number of anilines is 1. The summed E-state index contributed by atoms with van der Waals surface area (Å²) in [5, 5.41) is 3.98. The molecular formula is C22H22N4O. The van der Waals surface area contributed by atoms with Gasteiger partial charge >= 0.3 is 0 Å². The molecule has 5 nitrogen and oxygen atoms in total. The van der Waals surface area contributed by atoms with Crippen LogP contribution in [-0.4, -0.2) is 29.0 Å². The van der Waals surface area contributed by atoms with E-state index in [1.807, 2.05) is 54.7 Å². The van der Waals surface area contributed by atoms with Crippen molar-refractivity contribution in [3.8, 4) is 0 Å². The Morgan fingerprint density at radius 2 is 1.93 bits per heavy atom. The summed E-state index contributed by atoms with van der Waals surface area (Å²) < 4.78 is 0. The van der Waals surface area contributed by atoms with Crippen molar-refractivity contribution in [1.29, 1.82) is 0 Å². The summed E-state index contributed by atoms with van der Waals surface area (Å²) in [6.45, 7) is 2.62. The van der Waals surface area contributed by atoms with E-state index in [0.29, 0.717) is 6.54 Å². The van der Waals surface area contributed by atoms with Crippen LogP contribution in [0.15, 0.2) is 60.8 Å². The molecule has 2 aromatic heterocycles. The van der Waals surface area contributed by atoms with Crippen LogP contribution in [-0.2, 0) is 11.3 Å². The molecule has 1 aliphatic rings. The fourth-order valence-electron chi connectivity index (χ4n) is 3.24. The van der Waals surface area contributed by atoms with Gasteiger partial charge in [0, 0.05) is 37.3 Å². The van der Waals surface area contributed by atoms with Crippen molar-refractivity contribution in [3.05, 3.63) is 72.1 Å². The first-order valence-corrected chi connectivity index (χ1v) is 9.29. The Kier molecular flexibility index (Phi) is 5.10. The molecule has 136 valence electrons. The van der Waals surface area contributed by atoms with E-state index in [-0.39, 0.29) is 5.91 Å². The lowest BCUT2D eigenvalue weighted by Gasteiger charge is -2.16. The predicted octanol–water partition coefficient (Wildman–Crippen LogP) is 3.56. The summed E-state index contributed by atoms with van der Waals surface area (Å²) in [5.74, 6) is 0.874. The third-order valence-corrected chi connectivity index (χ3v) is 4.73. The zero-order chi connectivity index (χ0) is 18.5. The van der Waals surface area contributed by atoms with Gasteiger partial charge in [-0.15, -0.1) is 0 Å². The SMILES string of the molecule is O=C(/C=C/c1ccc2ccccc2n1)NCc1ccc(N2CCCC2)nc1. The molecule has 0 spiro atoms. The van der Waals surface area contributed by atoms with Crippen LogP contribution in [0.3, 0.4) is 0 Å². The highest BCUT2D eigenvalue weighted by atomic mass is 16.1. The number of carbonyl (C=O) groups excluding carboxylic acids is 1. The van der Waals surface area contributed by atoms with Gasteiger partial charge in [-0.25, -0.2) is 9.97 Å². The van der Waals surface area contributed by atoms with Crippen LogP contribution in [0.4, 0.5) is 5.82 Å². The molecule has 0 radical (unpaired) electrons. The Morgan fingerprint density at radius 1 is 1.07 bits per heavy atom. The van der Waals surface area contributed by atoms with Gasteiger partial charge in [0.2, 0.25) is 5.91 Å². The number of hydrogen-bond acceptors (Lipinski definition) is 4. The molecule has 0 atom stereocenters. The summed E-state index contributed by atoms with van der Waals surface area (Å²) in [4.78, 5) is 23.4. The molecule has 0 bridgehead atoms. The predicted molar refractivity (Wildman–Crippen MR) is 108 cm³/mol. The van der Waals surface area contributed by atoms with E-state index in [1.165, 1.54) is 18.9 Å². The lowest BCUT2D eigenvalue weighted by atomic mass is 10.2. The minimum atomic E-state index is -0.145. The molecule has 3 heterocycles. The topological polar surface area (TPSA) is 58.1 Å². The van der Waals surface area contributed by atoms with Crippen LogP contribution >= 0.6 is 0 Å². The molecule has 1 amide bonds. The minimum absolute atomic E-state index is 0.145. The second-order valence-corrected chi connectivity index (χ2v) is 6.70. The lowest BCUT2D eigenvalue weighted by Crippen LogP contribution is -2.21. The zero-order valence-corrected chi connectivity index (χ0v) is 15.1. The van der Waals surface area contributed by atoms with Crippen molar-refractivity contribution in [2.24, 2.45) is 0 Å². The number of aromatic nitrogens is 2. The molecule has 3 aromatic rings. The fourth-order valence-corrected chi connectivity index (χ4v) is 3.24. The third kappa shape index (κ3) is 4.31. The summed E-state index contributed by atoms with van der Waals surface area (Å²) >= 11 is 0. The molecule has 1 aromatic carbocycles. The Balaban J connectivity index is 1.32. The number of nitrogens with one attached hydrogen (secondary N) is 1. The molecule has 4 rings (SSSR count). The van der Waals surface area contributed by atoms with Crippen LogP contribution in [0.2, 0.25) is 0 Å². The summed E-state index contributed by atoms with van der Waals surface area (Å²) in [6, 6.07) is 15.9. The molecule has 1 saturated heterocycles. The maximum Gasteiger partial charge on any atom is 0.244 e. The van der Waals surface area contributed by atoms with Crippen LogP contribution in [0.25, 0.3) is 17.0 Å². The van der Waals surface area contributed by atoms with Gasteiger partial charge in [-0.3, -0.25) is 4.79 Å². The second kappa shape index (κ2) is 7.99. The first-order chi connectivity index (χ1) is 13.3. The van der Waals surface area contributed by atoms with Crippen molar-refractivity contribution < 1.29 is 4.79 Å². The fraction of sp³-hybridized carbons (Fsp3) is 0.227. The average Bonchev–Trinajstić information content (AvgIpc) is 3.26. The molecule has 27 heavy (non-hydrogen) atoms. The molecule has 0 saturated carbocycles. The van der Waals surface area contributed by atoms with Gasteiger partial charge in [0.15, 0.2) is 0 Å². The van der Waals surface area contributed by atoms with Gasteiger partial charge < -0.3 is 10.2 Å². The average molecular weight is 358 g/mol. The number of pyridine rings is 2. The second-order valence-electron chi connectivity index (χ2n) is 6.70. The van der Waals surface area contributed by atoms with E-state index < -0.39 is 0 Å². The molecule has 0 unspecified atom stereocenters. The van der Waals surface area contributed by atoms with Gasteiger partial charge in [-0.05, 0) is 42.7 Å². The monoisotopic (exact) mass is 358 g/mol. The van der Waals surface area contributed by atoms with E-state index >= 15 is 0 Å². The normalized spacial score (nSPS) is 14.1. The minimum Gasteiger partial charge on any atom is -0.357 e. The first-order valence-electron chi connectivity index (χ1n) is 9.29. The van der Waals surface area contributed by atoms with Gasteiger partial charge in [-0.1, -0.05) is 30.3 Å². The van der Waals surface area contributed by atoms with Crippen LogP contribution < -0.4 is 10.2 Å². The molecular weight excluding hydrogens is 336 g/mol. The maximum absolute atomic E-state index is 12.1.